The third-order valence-corrected chi connectivity index (χ3v) is 2.13. The van der Waals surface area contributed by atoms with E-state index in [9.17, 15) is 4.39 Å². The van der Waals surface area contributed by atoms with E-state index in [4.69, 9.17) is 0 Å². The molecule has 0 saturated heterocycles. The summed E-state index contributed by atoms with van der Waals surface area (Å²) in [4.78, 5) is 0. The normalized spacial score (nSPS) is 18.1. The molecular formula is C10H19F. The van der Waals surface area contributed by atoms with Crippen LogP contribution >= 0.6 is 0 Å². The van der Waals surface area contributed by atoms with E-state index in [0.717, 1.165) is 18.4 Å². The fraction of sp³-hybridized carbons (Fsp3) is 0.800. The molecule has 66 valence electrons. The summed E-state index contributed by atoms with van der Waals surface area (Å²) in [5.74, 6) is 0.177. The molecule has 0 aliphatic rings. The minimum atomic E-state index is -0.736. The molecular weight excluding hydrogens is 139 g/mol. The first-order valence-corrected chi connectivity index (χ1v) is 4.40. The van der Waals surface area contributed by atoms with Crippen LogP contribution < -0.4 is 0 Å². The summed E-state index contributed by atoms with van der Waals surface area (Å²) in [5.41, 5.74) is 0.867. The van der Waals surface area contributed by atoms with Crippen LogP contribution in [0.25, 0.3) is 0 Å². The average molecular weight is 158 g/mol. The number of alkyl halides is 1. The van der Waals surface area contributed by atoms with Crippen LogP contribution in [0.3, 0.4) is 0 Å². The Labute approximate surface area is 69.5 Å². The molecule has 0 heterocycles. The van der Waals surface area contributed by atoms with Gasteiger partial charge in [0.15, 0.2) is 0 Å². The van der Waals surface area contributed by atoms with E-state index in [0.29, 0.717) is 0 Å². The molecule has 0 fully saturated rings. The second-order valence-corrected chi connectivity index (χ2v) is 3.20. The lowest BCUT2D eigenvalue weighted by Gasteiger charge is -2.15. The van der Waals surface area contributed by atoms with Crippen LogP contribution in [0.15, 0.2) is 11.6 Å². The molecule has 0 N–H and O–H groups in total. The maximum atomic E-state index is 13.3. The summed E-state index contributed by atoms with van der Waals surface area (Å²) < 4.78 is 13.3. The van der Waals surface area contributed by atoms with Crippen molar-refractivity contribution >= 4 is 0 Å². The highest BCUT2D eigenvalue weighted by Crippen LogP contribution is 2.20. The minimum Gasteiger partial charge on any atom is -0.242 e. The van der Waals surface area contributed by atoms with Crippen molar-refractivity contribution in [3.8, 4) is 0 Å². The highest BCUT2D eigenvalue weighted by molar-refractivity contribution is 5.04. The van der Waals surface area contributed by atoms with Gasteiger partial charge in [-0.25, -0.2) is 4.39 Å². The molecule has 0 saturated carbocycles. The third-order valence-electron chi connectivity index (χ3n) is 2.13. The predicted octanol–water partition coefficient (Wildman–Crippen LogP) is 3.73. The Balaban J connectivity index is 3.91. The SMILES string of the molecule is C/C=C(/C)C(F)C(C)CCC. The van der Waals surface area contributed by atoms with Crippen molar-refractivity contribution in [3.63, 3.8) is 0 Å². The Morgan fingerprint density at radius 2 is 2.09 bits per heavy atom. The van der Waals surface area contributed by atoms with Crippen LogP contribution in [-0.2, 0) is 0 Å². The number of hydrogen-bond acceptors (Lipinski definition) is 0. The fourth-order valence-electron chi connectivity index (χ4n) is 1.21. The monoisotopic (exact) mass is 158 g/mol. The van der Waals surface area contributed by atoms with Crippen LogP contribution in [0.5, 0.6) is 0 Å². The first-order valence-electron chi connectivity index (χ1n) is 4.40. The summed E-state index contributed by atoms with van der Waals surface area (Å²) in [5, 5.41) is 0. The van der Waals surface area contributed by atoms with Gasteiger partial charge >= 0.3 is 0 Å². The highest BCUT2D eigenvalue weighted by Gasteiger charge is 2.15. The lowest BCUT2D eigenvalue weighted by molar-refractivity contribution is 0.268. The van der Waals surface area contributed by atoms with Crippen molar-refractivity contribution in [2.24, 2.45) is 5.92 Å². The van der Waals surface area contributed by atoms with Gasteiger partial charge in [0.1, 0.15) is 6.17 Å². The number of rotatable bonds is 4. The van der Waals surface area contributed by atoms with E-state index in [2.05, 4.69) is 6.92 Å². The predicted molar refractivity (Wildman–Crippen MR) is 48.4 cm³/mol. The Morgan fingerprint density at radius 1 is 1.55 bits per heavy atom. The Morgan fingerprint density at radius 3 is 2.45 bits per heavy atom. The van der Waals surface area contributed by atoms with E-state index in [1.807, 2.05) is 26.8 Å². The lowest BCUT2D eigenvalue weighted by atomic mass is 9.95. The maximum Gasteiger partial charge on any atom is 0.123 e. The van der Waals surface area contributed by atoms with E-state index >= 15 is 0 Å². The van der Waals surface area contributed by atoms with Crippen LogP contribution in [0, 0.1) is 5.92 Å². The number of halogens is 1. The zero-order valence-electron chi connectivity index (χ0n) is 8.02. The zero-order chi connectivity index (χ0) is 8.85. The Bertz CT molecular complexity index is 127. The van der Waals surface area contributed by atoms with Gasteiger partial charge in [0.05, 0.1) is 0 Å². The van der Waals surface area contributed by atoms with Crippen LogP contribution in [-0.4, -0.2) is 6.17 Å². The van der Waals surface area contributed by atoms with Gasteiger partial charge in [0.2, 0.25) is 0 Å². The van der Waals surface area contributed by atoms with E-state index in [1.54, 1.807) is 0 Å². The van der Waals surface area contributed by atoms with Crippen LogP contribution in [0.1, 0.15) is 40.5 Å². The highest BCUT2D eigenvalue weighted by atomic mass is 19.1. The number of hydrogen-bond donors (Lipinski definition) is 0. The van der Waals surface area contributed by atoms with Crippen molar-refractivity contribution in [1.29, 1.82) is 0 Å². The summed E-state index contributed by atoms with van der Waals surface area (Å²) in [6.45, 7) is 7.81. The van der Waals surface area contributed by atoms with Crippen molar-refractivity contribution in [2.75, 3.05) is 0 Å². The van der Waals surface area contributed by atoms with Crippen molar-refractivity contribution in [3.05, 3.63) is 11.6 Å². The largest absolute Gasteiger partial charge is 0.242 e. The second-order valence-electron chi connectivity index (χ2n) is 3.20. The fourth-order valence-corrected chi connectivity index (χ4v) is 1.21. The molecule has 0 aliphatic carbocycles. The Hall–Kier alpha value is -0.330. The van der Waals surface area contributed by atoms with Gasteiger partial charge in [0.25, 0.3) is 0 Å². The molecule has 0 amide bonds. The van der Waals surface area contributed by atoms with Gasteiger partial charge in [-0.15, -0.1) is 0 Å². The molecule has 0 spiro atoms. The van der Waals surface area contributed by atoms with Gasteiger partial charge in [-0.3, -0.25) is 0 Å². The van der Waals surface area contributed by atoms with Gasteiger partial charge in [0, 0.05) is 0 Å². The summed E-state index contributed by atoms with van der Waals surface area (Å²) in [6, 6.07) is 0. The van der Waals surface area contributed by atoms with E-state index in [-0.39, 0.29) is 5.92 Å². The van der Waals surface area contributed by atoms with Crippen molar-refractivity contribution in [1.82, 2.24) is 0 Å². The zero-order valence-corrected chi connectivity index (χ0v) is 8.02. The lowest BCUT2D eigenvalue weighted by Crippen LogP contribution is -2.13. The first-order chi connectivity index (χ1) is 5.13. The molecule has 0 bridgehead atoms. The molecule has 0 aromatic carbocycles. The molecule has 0 aliphatic heterocycles. The van der Waals surface area contributed by atoms with Crippen LogP contribution in [0.4, 0.5) is 4.39 Å². The molecule has 0 rings (SSSR count). The van der Waals surface area contributed by atoms with Gasteiger partial charge in [-0.05, 0) is 31.8 Å². The first kappa shape index (κ1) is 10.7. The third kappa shape index (κ3) is 3.54. The second kappa shape index (κ2) is 5.34. The summed E-state index contributed by atoms with van der Waals surface area (Å²) >= 11 is 0. The molecule has 0 radical (unpaired) electrons. The summed E-state index contributed by atoms with van der Waals surface area (Å²) in [6.07, 6.45) is 3.17. The quantitative estimate of drug-likeness (QED) is 0.547. The summed E-state index contributed by atoms with van der Waals surface area (Å²) in [7, 11) is 0. The number of allylic oxidation sites excluding steroid dienone is 2. The molecule has 2 unspecified atom stereocenters. The molecule has 11 heavy (non-hydrogen) atoms. The van der Waals surface area contributed by atoms with Gasteiger partial charge in [-0.2, -0.15) is 0 Å². The van der Waals surface area contributed by atoms with E-state index in [1.165, 1.54) is 0 Å². The van der Waals surface area contributed by atoms with Crippen LogP contribution in [0.2, 0.25) is 0 Å². The molecule has 0 aromatic heterocycles. The van der Waals surface area contributed by atoms with Gasteiger partial charge in [-0.1, -0.05) is 26.3 Å². The maximum absolute atomic E-state index is 13.3. The molecule has 2 atom stereocenters. The average Bonchev–Trinajstić information content (AvgIpc) is 2.02. The molecule has 1 heteroatoms. The molecule has 0 nitrogen and oxygen atoms in total. The van der Waals surface area contributed by atoms with E-state index < -0.39 is 6.17 Å². The van der Waals surface area contributed by atoms with Crippen molar-refractivity contribution in [2.45, 2.75) is 46.7 Å². The molecule has 0 aromatic rings. The topological polar surface area (TPSA) is 0 Å². The Kier molecular flexibility index (Phi) is 5.18. The smallest absolute Gasteiger partial charge is 0.123 e. The standard InChI is InChI=1S/C10H19F/c1-5-7-9(4)10(11)8(3)6-2/h6,9-10H,5,7H2,1-4H3/b8-6-. The van der Waals surface area contributed by atoms with Crippen molar-refractivity contribution < 1.29 is 4.39 Å². The van der Waals surface area contributed by atoms with Gasteiger partial charge < -0.3 is 0 Å². The minimum absolute atomic E-state index is 0.177.